The molecule has 0 saturated heterocycles. The molecule has 2 aromatic rings. The van der Waals surface area contributed by atoms with Crippen LogP contribution in [0.3, 0.4) is 0 Å². The van der Waals surface area contributed by atoms with Crippen LogP contribution in [0, 0.1) is 10.5 Å². The van der Waals surface area contributed by atoms with E-state index in [0.717, 1.165) is 3.57 Å². The summed E-state index contributed by atoms with van der Waals surface area (Å²) in [6.45, 7) is 1.22. The number of nitrogens with zero attached hydrogens (tertiary/aromatic N) is 1. The van der Waals surface area contributed by atoms with E-state index >= 15 is 0 Å². The number of nitrogens with one attached hydrogen (secondary N) is 2. The molecule has 3 N–H and O–H groups in total. The van der Waals surface area contributed by atoms with Crippen molar-refractivity contribution in [3.8, 4) is 0 Å². The number of aliphatic hydroxyl groups is 1. The molecular formula is C11H11ClIN3O3S. The smallest absolute Gasteiger partial charge is 0.281 e. The molecule has 0 bridgehead atoms. The van der Waals surface area contributed by atoms with Crippen molar-refractivity contribution >= 4 is 49.9 Å². The molecule has 0 saturated carbocycles. The molecule has 0 atom stereocenters. The highest BCUT2D eigenvalue weighted by atomic mass is 127. The van der Waals surface area contributed by atoms with Crippen LogP contribution >= 0.6 is 34.2 Å². The van der Waals surface area contributed by atoms with E-state index in [1.165, 1.54) is 0 Å². The third kappa shape index (κ3) is 3.08. The first-order valence-corrected chi connectivity index (χ1v) is 8.41. The van der Waals surface area contributed by atoms with Gasteiger partial charge in [-0.25, -0.2) is 0 Å². The second-order valence-corrected chi connectivity index (χ2v) is 7.27. The molecule has 108 valence electrons. The maximum atomic E-state index is 12.3. The summed E-state index contributed by atoms with van der Waals surface area (Å²) in [7, 11) is -3.91. The fourth-order valence-corrected chi connectivity index (χ4v) is 3.83. The second-order valence-electron chi connectivity index (χ2n) is 4.02. The number of halogens is 2. The molecule has 0 unspecified atom stereocenters. The van der Waals surface area contributed by atoms with Gasteiger partial charge in [-0.1, -0.05) is 11.6 Å². The molecule has 9 heteroatoms. The molecule has 6 nitrogen and oxygen atoms in total. The van der Waals surface area contributed by atoms with Crippen LogP contribution in [0.25, 0.3) is 0 Å². The molecule has 0 aliphatic rings. The molecule has 1 heterocycles. The van der Waals surface area contributed by atoms with Crippen LogP contribution in [-0.2, 0) is 16.6 Å². The fraction of sp³-hybridized carbons (Fsp3) is 0.182. The first-order chi connectivity index (χ1) is 9.35. The quantitative estimate of drug-likeness (QED) is 0.652. The van der Waals surface area contributed by atoms with Gasteiger partial charge < -0.3 is 5.11 Å². The number of benzene rings is 1. The van der Waals surface area contributed by atoms with Gasteiger partial charge in [0.2, 0.25) is 5.03 Å². The van der Waals surface area contributed by atoms with Crippen molar-refractivity contribution in [2.75, 3.05) is 4.72 Å². The van der Waals surface area contributed by atoms with Crippen LogP contribution in [0.4, 0.5) is 5.69 Å². The van der Waals surface area contributed by atoms with Crippen molar-refractivity contribution < 1.29 is 13.5 Å². The third-order valence-electron chi connectivity index (χ3n) is 2.62. The van der Waals surface area contributed by atoms with Crippen LogP contribution in [-0.4, -0.2) is 23.7 Å². The van der Waals surface area contributed by atoms with Gasteiger partial charge in [0.05, 0.1) is 17.3 Å². The topological polar surface area (TPSA) is 95.1 Å². The van der Waals surface area contributed by atoms with Gasteiger partial charge in [-0.2, -0.15) is 13.5 Å². The maximum absolute atomic E-state index is 12.3. The van der Waals surface area contributed by atoms with E-state index in [2.05, 4.69) is 37.5 Å². The normalized spacial score (nSPS) is 11.6. The lowest BCUT2D eigenvalue weighted by atomic mass is 10.3. The fourth-order valence-electron chi connectivity index (χ4n) is 1.60. The van der Waals surface area contributed by atoms with Crippen LogP contribution in [0.1, 0.15) is 11.3 Å². The van der Waals surface area contributed by atoms with Gasteiger partial charge in [-0.15, -0.1) is 0 Å². The molecule has 0 radical (unpaired) electrons. The Labute approximate surface area is 134 Å². The van der Waals surface area contributed by atoms with Gasteiger partial charge in [0, 0.05) is 14.8 Å². The molecule has 2 rings (SSSR count). The molecule has 0 fully saturated rings. The largest absolute Gasteiger partial charge is 0.392 e. The Morgan fingerprint density at radius 3 is 2.80 bits per heavy atom. The number of anilines is 1. The molecular weight excluding hydrogens is 417 g/mol. The van der Waals surface area contributed by atoms with E-state index in [1.807, 2.05) is 0 Å². The lowest BCUT2D eigenvalue weighted by Crippen LogP contribution is -2.15. The van der Waals surface area contributed by atoms with Crippen LogP contribution in [0.2, 0.25) is 5.02 Å². The lowest BCUT2D eigenvalue weighted by Gasteiger charge is -2.09. The van der Waals surface area contributed by atoms with Crippen molar-refractivity contribution in [1.29, 1.82) is 0 Å². The Morgan fingerprint density at radius 2 is 2.20 bits per heavy atom. The lowest BCUT2D eigenvalue weighted by molar-refractivity contribution is 0.277. The monoisotopic (exact) mass is 427 g/mol. The first-order valence-electron chi connectivity index (χ1n) is 5.47. The first kappa shape index (κ1) is 15.5. The summed E-state index contributed by atoms with van der Waals surface area (Å²) < 4.78 is 27.8. The molecule has 0 amide bonds. The maximum Gasteiger partial charge on any atom is 0.281 e. The number of H-pyrrole nitrogens is 1. The number of aryl methyl sites for hydroxylation is 1. The summed E-state index contributed by atoms with van der Waals surface area (Å²) >= 11 is 8.07. The Morgan fingerprint density at radius 1 is 1.50 bits per heavy atom. The molecule has 0 spiro atoms. The molecule has 0 aliphatic heterocycles. The van der Waals surface area contributed by atoms with Gasteiger partial charge in [0.15, 0.2) is 0 Å². The summed E-state index contributed by atoms with van der Waals surface area (Å²) in [5.41, 5.74) is 0.998. The minimum absolute atomic E-state index is 0.230. The zero-order valence-electron chi connectivity index (χ0n) is 10.3. The number of sulfonamides is 1. The standard InChI is InChI=1S/C11H11ClIN3O3S/c1-6-8(5-17)11(15-14-6)20(18,19)16-10-3-2-7(13)4-9(10)12/h2-4,16-17H,5H2,1H3,(H,14,15). The number of hydrogen-bond donors (Lipinski definition) is 3. The zero-order chi connectivity index (χ0) is 14.9. The summed E-state index contributed by atoms with van der Waals surface area (Å²) in [5.74, 6) is 0. The molecule has 1 aromatic carbocycles. The van der Waals surface area contributed by atoms with E-state index in [-0.39, 0.29) is 16.3 Å². The Hall–Kier alpha value is -0.840. The zero-order valence-corrected chi connectivity index (χ0v) is 14.0. The van der Waals surface area contributed by atoms with Gasteiger partial charge in [0.25, 0.3) is 10.0 Å². The van der Waals surface area contributed by atoms with Crippen molar-refractivity contribution in [1.82, 2.24) is 10.2 Å². The van der Waals surface area contributed by atoms with Crippen LogP contribution in [0.15, 0.2) is 23.2 Å². The highest BCUT2D eigenvalue weighted by Crippen LogP contribution is 2.27. The van der Waals surface area contributed by atoms with Gasteiger partial charge >= 0.3 is 0 Å². The van der Waals surface area contributed by atoms with E-state index in [4.69, 9.17) is 11.6 Å². The van der Waals surface area contributed by atoms with Crippen molar-refractivity contribution in [3.63, 3.8) is 0 Å². The highest BCUT2D eigenvalue weighted by Gasteiger charge is 2.24. The number of rotatable bonds is 4. The van der Waals surface area contributed by atoms with Gasteiger partial charge in [0.1, 0.15) is 0 Å². The third-order valence-corrected chi connectivity index (χ3v) is 4.94. The Kier molecular flexibility index (Phi) is 4.57. The minimum Gasteiger partial charge on any atom is -0.392 e. The van der Waals surface area contributed by atoms with Crippen LogP contribution in [0.5, 0.6) is 0 Å². The van der Waals surface area contributed by atoms with Crippen molar-refractivity contribution in [3.05, 3.63) is 38.0 Å². The predicted molar refractivity (Wildman–Crippen MR) is 84.2 cm³/mol. The van der Waals surface area contributed by atoms with E-state index < -0.39 is 16.6 Å². The summed E-state index contributed by atoms with van der Waals surface area (Å²) in [6.07, 6.45) is 0. The Balaban J connectivity index is 2.41. The van der Waals surface area contributed by atoms with E-state index in [9.17, 15) is 13.5 Å². The van der Waals surface area contributed by atoms with Crippen molar-refractivity contribution in [2.45, 2.75) is 18.6 Å². The average Bonchev–Trinajstić information content (AvgIpc) is 2.74. The Bertz CT molecular complexity index is 745. The van der Waals surface area contributed by atoms with E-state index in [0.29, 0.717) is 10.7 Å². The molecule has 20 heavy (non-hydrogen) atoms. The summed E-state index contributed by atoms with van der Waals surface area (Å²) in [5, 5.41) is 15.6. The average molecular weight is 428 g/mol. The van der Waals surface area contributed by atoms with Crippen LogP contribution < -0.4 is 4.72 Å². The highest BCUT2D eigenvalue weighted by molar-refractivity contribution is 14.1. The second kappa shape index (κ2) is 5.88. The van der Waals surface area contributed by atoms with Gasteiger partial charge in [-0.05, 0) is 47.7 Å². The number of aromatic amines is 1. The molecule has 0 aliphatic carbocycles. The number of aromatic nitrogens is 2. The predicted octanol–water partition coefficient (Wildman–Crippen LogP) is 2.27. The number of aliphatic hydroxyl groups excluding tert-OH is 1. The minimum atomic E-state index is -3.91. The van der Waals surface area contributed by atoms with Gasteiger partial charge in [-0.3, -0.25) is 9.82 Å². The summed E-state index contributed by atoms with van der Waals surface area (Å²) in [6, 6.07) is 4.94. The van der Waals surface area contributed by atoms with E-state index in [1.54, 1.807) is 25.1 Å². The van der Waals surface area contributed by atoms with Crippen molar-refractivity contribution in [2.24, 2.45) is 0 Å². The summed E-state index contributed by atoms with van der Waals surface area (Å²) in [4.78, 5) is 0. The molecule has 1 aromatic heterocycles. The SMILES string of the molecule is Cc1[nH]nc(S(=O)(=O)Nc2ccc(I)cc2Cl)c1CO. The number of hydrogen-bond acceptors (Lipinski definition) is 4.